The maximum atomic E-state index is 6.10. The Hall–Kier alpha value is -0.0800. The number of nitrogens with two attached hydrogens (primary N) is 1. The van der Waals surface area contributed by atoms with E-state index in [1.165, 1.54) is 64.6 Å². The number of likely N-dealkylation sites (tertiary alicyclic amines) is 1. The molecule has 1 unspecified atom stereocenters. The first-order valence-electron chi connectivity index (χ1n) is 7.92. The summed E-state index contributed by atoms with van der Waals surface area (Å²) in [7, 11) is 0. The van der Waals surface area contributed by atoms with Crippen LogP contribution in [0, 0.1) is 10.8 Å². The van der Waals surface area contributed by atoms with Crippen molar-refractivity contribution in [3.63, 3.8) is 0 Å². The lowest BCUT2D eigenvalue weighted by Crippen LogP contribution is -2.48. The molecule has 18 heavy (non-hydrogen) atoms. The molecule has 0 bridgehead atoms. The summed E-state index contributed by atoms with van der Waals surface area (Å²) < 4.78 is 0. The molecule has 1 saturated heterocycles. The Morgan fingerprint density at radius 3 is 2.11 bits per heavy atom. The minimum atomic E-state index is 0.247. The fourth-order valence-electron chi connectivity index (χ4n) is 3.71. The van der Waals surface area contributed by atoms with Gasteiger partial charge in [0.25, 0.3) is 0 Å². The van der Waals surface area contributed by atoms with Gasteiger partial charge in [0.05, 0.1) is 0 Å². The molecule has 1 aliphatic heterocycles. The van der Waals surface area contributed by atoms with Crippen LogP contribution < -0.4 is 5.73 Å². The molecule has 1 aliphatic carbocycles. The smallest absolute Gasteiger partial charge is 0.00739 e. The number of hydrogen-bond acceptors (Lipinski definition) is 2. The van der Waals surface area contributed by atoms with E-state index in [1.807, 2.05) is 0 Å². The fraction of sp³-hybridized carbons (Fsp3) is 1.00. The predicted octanol–water partition coefficient (Wildman–Crippen LogP) is 3.41. The monoisotopic (exact) mass is 252 g/mol. The molecule has 106 valence electrons. The summed E-state index contributed by atoms with van der Waals surface area (Å²) in [6.45, 7) is 10.5. The highest BCUT2D eigenvalue weighted by Gasteiger charge is 2.37. The topological polar surface area (TPSA) is 29.3 Å². The second-order valence-electron chi connectivity index (χ2n) is 7.61. The lowest BCUT2D eigenvalue weighted by molar-refractivity contribution is 0.0446. The molecule has 2 fully saturated rings. The van der Waals surface area contributed by atoms with Crippen LogP contribution in [0.4, 0.5) is 0 Å². The zero-order valence-electron chi connectivity index (χ0n) is 12.7. The molecule has 1 atom stereocenters. The van der Waals surface area contributed by atoms with Gasteiger partial charge in [0.2, 0.25) is 0 Å². The Bertz CT molecular complexity index is 254. The number of nitrogens with zero attached hydrogens (tertiary/aromatic N) is 1. The molecule has 2 heteroatoms. The molecular formula is C16H32N2. The second-order valence-corrected chi connectivity index (χ2v) is 7.61. The van der Waals surface area contributed by atoms with Crippen molar-refractivity contribution >= 4 is 0 Å². The zero-order chi connectivity index (χ0) is 13.2. The Labute approximate surface area is 113 Å². The number of piperidine rings is 1. The predicted molar refractivity (Wildman–Crippen MR) is 78.6 cm³/mol. The minimum Gasteiger partial charge on any atom is -0.327 e. The number of rotatable bonds is 3. The van der Waals surface area contributed by atoms with Crippen LogP contribution in [0.2, 0.25) is 0 Å². The van der Waals surface area contributed by atoms with E-state index in [2.05, 4.69) is 25.7 Å². The molecule has 0 amide bonds. The molecule has 1 saturated carbocycles. The van der Waals surface area contributed by atoms with Crippen LogP contribution in [-0.4, -0.2) is 30.6 Å². The molecule has 0 aromatic rings. The molecule has 0 aromatic heterocycles. The summed E-state index contributed by atoms with van der Waals surface area (Å²) in [6, 6.07) is 0.281. The zero-order valence-corrected chi connectivity index (χ0v) is 12.7. The van der Waals surface area contributed by atoms with Crippen LogP contribution in [0.15, 0.2) is 0 Å². The first-order valence-corrected chi connectivity index (χ1v) is 7.92. The van der Waals surface area contributed by atoms with Crippen LogP contribution in [0.3, 0.4) is 0 Å². The van der Waals surface area contributed by atoms with Crippen molar-refractivity contribution in [3.8, 4) is 0 Å². The largest absolute Gasteiger partial charge is 0.327 e. The first kappa shape index (κ1) is 14.3. The quantitative estimate of drug-likeness (QED) is 0.834. The average Bonchev–Trinajstić information content (AvgIpc) is 2.33. The summed E-state index contributed by atoms with van der Waals surface area (Å²) >= 11 is 0. The normalized spacial score (nSPS) is 27.3. The lowest BCUT2D eigenvalue weighted by Gasteiger charge is -2.46. The van der Waals surface area contributed by atoms with Gasteiger partial charge in [-0.2, -0.15) is 0 Å². The van der Waals surface area contributed by atoms with Gasteiger partial charge in [-0.1, -0.05) is 33.1 Å². The molecule has 2 N–H and O–H groups in total. The van der Waals surface area contributed by atoms with E-state index in [1.54, 1.807) is 0 Å². The van der Waals surface area contributed by atoms with Crippen molar-refractivity contribution in [2.24, 2.45) is 16.6 Å². The first-order chi connectivity index (χ1) is 8.44. The van der Waals surface area contributed by atoms with Gasteiger partial charge < -0.3 is 10.6 Å². The van der Waals surface area contributed by atoms with Gasteiger partial charge >= 0.3 is 0 Å². The van der Waals surface area contributed by atoms with Gasteiger partial charge in [-0.05, 0) is 56.5 Å². The lowest BCUT2D eigenvalue weighted by atomic mass is 9.68. The van der Waals surface area contributed by atoms with E-state index in [9.17, 15) is 0 Å². The maximum Gasteiger partial charge on any atom is 0.00739 e. The maximum absolute atomic E-state index is 6.10. The summed E-state index contributed by atoms with van der Waals surface area (Å²) in [5.74, 6) is 0. The molecule has 2 nitrogen and oxygen atoms in total. The van der Waals surface area contributed by atoms with E-state index in [0.717, 1.165) is 5.41 Å². The van der Waals surface area contributed by atoms with E-state index in [0.29, 0.717) is 0 Å². The summed E-state index contributed by atoms with van der Waals surface area (Å²) in [5.41, 5.74) is 7.07. The summed E-state index contributed by atoms with van der Waals surface area (Å²) in [5, 5.41) is 0. The van der Waals surface area contributed by atoms with Gasteiger partial charge in [-0.15, -0.1) is 0 Å². The van der Waals surface area contributed by atoms with Gasteiger partial charge in [-0.3, -0.25) is 0 Å². The average molecular weight is 252 g/mol. The molecular weight excluding hydrogens is 220 g/mol. The van der Waals surface area contributed by atoms with Crippen LogP contribution >= 0.6 is 0 Å². The van der Waals surface area contributed by atoms with Crippen LogP contribution in [0.25, 0.3) is 0 Å². The van der Waals surface area contributed by atoms with Crippen molar-refractivity contribution in [1.82, 2.24) is 4.90 Å². The third-order valence-electron chi connectivity index (χ3n) is 5.69. The van der Waals surface area contributed by atoms with Gasteiger partial charge in [0, 0.05) is 12.6 Å². The van der Waals surface area contributed by atoms with E-state index in [-0.39, 0.29) is 11.5 Å². The van der Waals surface area contributed by atoms with Crippen LogP contribution in [-0.2, 0) is 0 Å². The van der Waals surface area contributed by atoms with Crippen LogP contribution in [0.5, 0.6) is 0 Å². The standard InChI is InChI=1S/C16H32N2/c1-14(17)15(2,3)13-18-11-9-16(10-12-18)7-5-4-6-8-16/h14H,4-13,17H2,1-3H3. The SMILES string of the molecule is CC(N)C(C)(C)CN1CCC2(CCCCC2)CC1. The van der Waals surface area contributed by atoms with Crippen molar-refractivity contribution in [1.29, 1.82) is 0 Å². The highest BCUT2D eigenvalue weighted by molar-refractivity contribution is 4.90. The van der Waals surface area contributed by atoms with Crippen LogP contribution in [0.1, 0.15) is 65.7 Å². The van der Waals surface area contributed by atoms with E-state index >= 15 is 0 Å². The number of hydrogen-bond donors (Lipinski definition) is 1. The molecule has 0 aromatic carbocycles. The fourth-order valence-corrected chi connectivity index (χ4v) is 3.71. The molecule has 1 spiro atoms. The molecule has 2 rings (SSSR count). The highest BCUT2D eigenvalue weighted by Crippen LogP contribution is 2.44. The highest BCUT2D eigenvalue weighted by atomic mass is 15.1. The minimum absolute atomic E-state index is 0.247. The molecule has 0 radical (unpaired) electrons. The Balaban J connectivity index is 1.83. The van der Waals surface area contributed by atoms with E-state index < -0.39 is 0 Å². The molecule has 1 heterocycles. The van der Waals surface area contributed by atoms with Gasteiger partial charge in [0.1, 0.15) is 0 Å². The van der Waals surface area contributed by atoms with Crippen molar-refractivity contribution in [2.75, 3.05) is 19.6 Å². The van der Waals surface area contributed by atoms with Crippen molar-refractivity contribution in [3.05, 3.63) is 0 Å². The van der Waals surface area contributed by atoms with Crippen molar-refractivity contribution in [2.45, 2.75) is 71.8 Å². The Morgan fingerprint density at radius 1 is 1.06 bits per heavy atom. The summed E-state index contributed by atoms with van der Waals surface area (Å²) in [4.78, 5) is 2.66. The second kappa shape index (κ2) is 5.50. The van der Waals surface area contributed by atoms with Crippen molar-refractivity contribution < 1.29 is 0 Å². The Kier molecular flexibility index (Phi) is 4.38. The third-order valence-corrected chi connectivity index (χ3v) is 5.69. The Morgan fingerprint density at radius 2 is 1.61 bits per heavy atom. The summed E-state index contributed by atoms with van der Waals surface area (Å²) in [6.07, 6.45) is 10.3. The van der Waals surface area contributed by atoms with Gasteiger partial charge in [-0.25, -0.2) is 0 Å². The van der Waals surface area contributed by atoms with Gasteiger partial charge in [0.15, 0.2) is 0 Å². The van der Waals surface area contributed by atoms with E-state index in [4.69, 9.17) is 5.73 Å². The molecule has 2 aliphatic rings. The third kappa shape index (κ3) is 3.27.